The molecule has 0 aliphatic carbocycles. The fourth-order valence-corrected chi connectivity index (χ4v) is 3.31. The van der Waals surface area contributed by atoms with E-state index in [1.807, 2.05) is 11.0 Å². The Morgan fingerprint density at radius 1 is 1.42 bits per heavy atom. The molecule has 2 aliphatic rings. The second-order valence-electron chi connectivity index (χ2n) is 6.09. The number of hydrogen-bond donors (Lipinski definition) is 1. The van der Waals surface area contributed by atoms with Crippen LogP contribution in [0.25, 0.3) is 0 Å². The lowest BCUT2D eigenvalue weighted by atomic mass is 9.86. The number of ether oxygens (including phenoxy) is 2. The van der Waals surface area contributed by atoms with Crippen molar-refractivity contribution in [2.75, 3.05) is 20.2 Å². The van der Waals surface area contributed by atoms with Crippen LogP contribution in [0.5, 0.6) is 11.5 Å². The lowest BCUT2D eigenvalue weighted by Gasteiger charge is -2.30. The van der Waals surface area contributed by atoms with Crippen molar-refractivity contribution in [2.24, 2.45) is 5.73 Å². The maximum Gasteiger partial charge on any atom is 0.223 e. The average Bonchev–Trinajstić information content (AvgIpc) is 2.61. The molecule has 2 N–H and O–H groups in total. The Hall–Kier alpha value is -2.68. The third kappa shape index (κ3) is 3.02. The lowest BCUT2D eigenvalue weighted by molar-refractivity contribution is -0.132. The molecule has 0 saturated carbocycles. The van der Waals surface area contributed by atoms with E-state index < -0.39 is 0 Å². The molecule has 2 aliphatic heterocycles. The molecule has 0 bridgehead atoms. The van der Waals surface area contributed by atoms with Crippen LogP contribution < -0.4 is 15.2 Å². The largest absolute Gasteiger partial charge is 0.497 e. The highest BCUT2D eigenvalue weighted by Crippen LogP contribution is 2.41. The summed E-state index contributed by atoms with van der Waals surface area (Å²) in [6, 6.07) is 7.48. The summed E-state index contributed by atoms with van der Waals surface area (Å²) >= 11 is 0. The Bertz CT molecular complexity index is 715. The number of hydrogen-bond acceptors (Lipinski definition) is 5. The van der Waals surface area contributed by atoms with Crippen LogP contribution >= 0.6 is 0 Å². The molecule has 1 atom stereocenters. The highest BCUT2D eigenvalue weighted by Gasteiger charge is 2.32. The first kappa shape index (κ1) is 16.2. The normalized spacial score (nSPS) is 20.0. The zero-order chi connectivity index (χ0) is 17.1. The van der Waals surface area contributed by atoms with Crippen molar-refractivity contribution < 1.29 is 14.3 Å². The lowest BCUT2D eigenvalue weighted by Crippen LogP contribution is -2.37. The summed E-state index contributed by atoms with van der Waals surface area (Å²) in [4.78, 5) is 14.5. The number of fused-ring (bicyclic) bond motifs is 1. The van der Waals surface area contributed by atoms with E-state index in [0.29, 0.717) is 17.1 Å². The number of nitriles is 1. The number of nitrogens with two attached hydrogens (primary N) is 1. The fraction of sp³-hybridized carbons (Fsp3) is 0.444. The van der Waals surface area contributed by atoms with Crippen LogP contribution in [0.2, 0.25) is 0 Å². The highest BCUT2D eigenvalue weighted by atomic mass is 16.5. The summed E-state index contributed by atoms with van der Waals surface area (Å²) in [5.41, 5.74) is 7.03. The van der Waals surface area contributed by atoms with Gasteiger partial charge in [-0.2, -0.15) is 5.26 Å². The molecule has 1 aromatic carbocycles. The van der Waals surface area contributed by atoms with Crippen LogP contribution in [0.15, 0.2) is 29.7 Å². The maximum absolute atomic E-state index is 12.7. The van der Waals surface area contributed by atoms with Crippen molar-refractivity contribution in [3.05, 3.63) is 35.2 Å². The van der Waals surface area contributed by atoms with Gasteiger partial charge in [0.15, 0.2) is 0 Å². The van der Waals surface area contributed by atoms with Gasteiger partial charge in [-0.25, -0.2) is 0 Å². The number of likely N-dealkylation sites (tertiary alicyclic amines) is 1. The second-order valence-corrected chi connectivity index (χ2v) is 6.09. The van der Waals surface area contributed by atoms with E-state index in [1.165, 1.54) is 6.42 Å². The third-order valence-electron chi connectivity index (χ3n) is 4.64. The van der Waals surface area contributed by atoms with E-state index in [-0.39, 0.29) is 24.1 Å². The summed E-state index contributed by atoms with van der Waals surface area (Å²) in [6.07, 6.45) is 3.47. The average molecular weight is 327 g/mol. The Morgan fingerprint density at radius 2 is 2.17 bits per heavy atom. The van der Waals surface area contributed by atoms with E-state index in [4.69, 9.17) is 15.2 Å². The van der Waals surface area contributed by atoms with Crippen LogP contribution in [-0.4, -0.2) is 31.0 Å². The number of carbonyl (C=O) groups excluding carboxylic acids is 1. The molecule has 0 radical (unpaired) electrons. The van der Waals surface area contributed by atoms with Gasteiger partial charge in [0, 0.05) is 37.1 Å². The molecule has 1 aromatic rings. The first-order valence-corrected chi connectivity index (χ1v) is 8.17. The molecule has 0 spiro atoms. The highest BCUT2D eigenvalue weighted by molar-refractivity contribution is 5.78. The molecule has 6 heteroatoms. The number of benzene rings is 1. The number of carbonyl (C=O) groups is 1. The number of allylic oxidation sites excluding steroid dienone is 1. The van der Waals surface area contributed by atoms with Gasteiger partial charge in [0.1, 0.15) is 17.6 Å². The van der Waals surface area contributed by atoms with Crippen molar-refractivity contribution in [3.8, 4) is 17.6 Å². The molecule has 24 heavy (non-hydrogen) atoms. The van der Waals surface area contributed by atoms with Gasteiger partial charge < -0.3 is 20.1 Å². The number of piperidine rings is 1. The molecule has 6 nitrogen and oxygen atoms in total. The van der Waals surface area contributed by atoms with Crippen molar-refractivity contribution in [1.29, 1.82) is 5.26 Å². The summed E-state index contributed by atoms with van der Waals surface area (Å²) < 4.78 is 10.8. The molecule has 126 valence electrons. The minimum Gasteiger partial charge on any atom is -0.497 e. The van der Waals surface area contributed by atoms with Gasteiger partial charge in [-0.3, -0.25) is 4.79 Å². The number of methoxy groups -OCH3 is 1. The van der Waals surface area contributed by atoms with Gasteiger partial charge in [-0.15, -0.1) is 0 Å². The topological polar surface area (TPSA) is 88.6 Å². The molecule has 0 aromatic heterocycles. The van der Waals surface area contributed by atoms with E-state index >= 15 is 0 Å². The minimum absolute atomic E-state index is 0.0592. The van der Waals surface area contributed by atoms with E-state index in [1.54, 1.807) is 19.2 Å². The molecule has 1 amide bonds. The Kier molecular flexibility index (Phi) is 4.61. The Morgan fingerprint density at radius 3 is 2.83 bits per heavy atom. The van der Waals surface area contributed by atoms with Gasteiger partial charge in [0.2, 0.25) is 11.8 Å². The SMILES string of the molecule is COc1ccc2c(c1)OC(N)=C(C#N)C2CC(=O)N1CCCCC1. The monoisotopic (exact) mass is 327 g/mol. The molecular weight excluding hydrogens is 306 g/mol. The Balaban J connectivity index is 1.89. The molecule has 1 unspecified atom stereocenters. The molecule has 2 heterocycles. The number of nitrogens with zero attached hydrogens (tertiary/aromatic N) is 2. The third-order valence-corrected chi connectivity index (χ3v) is 4.64. The van der Waals surface area contributed by atoms with Crippen molar-refractivity contribution >= 4 is 5.91 Å². The zero-order valence-corrected chi connectivity index (χ0v) is 13.7. The first-order chi connectivity index (χ1) is 11.6. The quantitative estimate of drug-likeness (QED) is 0.920. The van der Waals surface area contributed by atoms with Crippen LogP contribution in [0, 0.1) is 11.3 Å². The predicted molar refractivity (Wildman–Crippen MR) is 88.2 cm³/mol. The predicted octanol–water partition coefficient (Wildman–Crippen LogP) is 2.27. The smallest absolute Gasteiger partial charge is 0.223 e. The molecule has 3 rings (SSSR count). The summed E-state index contributed by atoms with van der Waals surface area (Å²) in [5, 5.41) is 9.46. The van der Waals surface area contributed by atoms with Gasteiger partial charge in [0.25, 0.3) is 0 Å². The summed E-state index contributed by atoms with van der Waals surface area (Å²) in [7, 11) is 1.57. The van der Waals surface area contributed by atoms with E-state index in [2.05, 4.69) is 6.07 Å². The maximum atomic E-state index is 12.7. The standard InChI is InChI=1S/C18H21N3O3/c1-23-12-5-6-13-14(10-17(22)21-7-3-2-4-8-21)15(11-19)18(20)24-16(13)9-12/h5-6,9,14H,2-4,7-8,10,20H2,1H3. The van der Waals surface area contributed by atoms with Crippen LogP contribution in [-0.2, 0) is 4.79 Å². The zero-order valence-electron chi connectivity index (χ0n) is 13.7. The summed E-state index contributed by atoms with van der Waals surface area (Å²) in [5.74, 6) is 0.933. The summed E-state index contributed by atoms with van der Waals surface area (Å²) in [6.45, 7) is 1.58. The Labute approximate surface area is 141 Å². The number of rotatable bonds is 3. The van der Waals surface area contributed by atoms with Crippen molar-refractivity contribution in [1.82, 2.24) is 4.90 Å². The second kappa shape index (κ2) is 6.83. The van der Waals surface area contributed by atoms with E-state index in [0.717, 1.165) is 31.5 Å². The van der Waals surface area contributed by atoms with Crippen molar-refractivity contribution in [2.45, 2.75) is 31.6 Å². The van der Waals surface area contributed by atoms with Gasteiger partial charge in [0.05, 0.1) is 12.7 Å². The molecule has 1 saturated heterocycles. The first-order valence-electron chi connectivity index (χ1n) is 8.17. The van der Waals surface area contributed by atoms with Gasteiger partial charge in [-0.05, 0) is 25.3 Å². The van der Waals surface area contributed by atoms with Gasteiger partial charge in [-0.1, -0.05) is 6.07 Å². The van der Waals surface area contributed by atoms with Crippen LogP contribution in [0.3, 0.4) is 0 Å². The number of amides is 1. The van der Waals surface area contributed by atoms with Gasteiger partial charge >= 0.3 is 0 Å². The van der Waals surface area contributed by atoms with Crippen LogP contribution in [0.1, 0.15) is 37.2 Å². The fourth-order valence-electron chi connectivity index (χ4n) is 3.31. The molecular formula is C18H21N3O3. The minimum atomic E-state index is -0.376. The van der Waals surface area contributed by atoms with E-state index in [9.17, 15) is 10.1 Å². The molecule has 1 fully saturated rings. The van der Waals surface area contributed by atoms with Crippen LogP contribution in [0.4, 0.5) is 0 Å². The van der Waals surface area contributed by atoms with Crippen molar-refractivity contribution in [3.63, 3.8) is 0 Å².